The smallest absolute Gasteiger partial charge is 0.300 e. The molecule has 3 aromatic rings. The third kappa shape index (κ3) is 4.58. The average molecular weight is 504 g/mol. The van der Waals surface area contributed by atoms with E-state index in [1.54, 1.807) is 54.6 Å². The molecule has 1 N–H and O–H groups in total. The van der Waals surface area contributed by atoms with Gasteiger partial charge in [0, 0.05) is 0 Å². The van der Waals surface area contributed by atoms with Crippen LogP contribution in [-0.2, 0) is 9.59 Å². The molecule has 37 heavy (non-hydrogen) atoms. The molecule has 8 nitrogen and oxygen atoms in total. The van der Waals surface area contributed by atoms with Gasteiger partial charge in [0.25, 0.3) is 11.7 Å². The Morgan fingerprint density at radius 2 is 1.54 bits per heavy atom. The highest BCUT2D eigenvalue weighted by molar-refractivity contribution is 6.52. The summed E-state index contributed by atoms with van der Waals surface area (Å²) in [6.07, 6.45) is 0. The number of nitrogens with zero attached hydrogens (tertiary/aromatic N) is 1. The van der Waals surface area contributed by atoms with E-state index in [1.165, 1.54) is 26.2 Å². The monoisotopic (exact) mass is 503 g/mol. The third-order valence-electron chi connectivity index (χ3n) is 6.20. The van der Waals surface area contributed by atoms with E-state index in [0.717, 1.165) is 5.56 Å². The summed E-state index contributed by atoms with van der Waals surface area (Å²) in [7, 11) is 4.50. The Balaban J connectivity index is 2.03. The minimum Gasteiger partial charge on any atom is -0.507 e. The summed E-state index contributed by atoms with van der Waals surface area (Å²) in [4.78, 5) is 28.4. The van der Waals surface area contributed by atoms with Crippen molar-refractivity contribution in [1.82, 2.24) is 0 Å². The molecule has 1 aliphatic rings. The van der Waals surface area contributed by atoms with Crippen LogP contribution in [0.15, 0.2) is 66.2 Å². The van der Waals surface area contributed by atoms with E-state index in [9.17, 15) is 14.7 Å². The van der Waals surface area contributed by atoms with Crippen LogP contribution in [0.3, 0.4) is 0 Å². The summed E-state index contributed by atoms with van der Waals surface area (Å²) < 4.78 is 22.1. The van der Waals surface area contributed by atoms with Gasteiger partial charge < -0.3 is 24.1 Å². The SMILES string of the molecule is CCOc1cc(C2/C(=C(\O)c3cc(C)ccc3OC)C(=O)C(=O)N2c2ccccc2OC)ccc1OC. The molecule has 1 saturated heterocycles. The van der Waals surface area contributed by atoms with Crippen molar-refractivity contribution in [2.75, 3.05) is 32.8 Å². The molecule has 1 aliphatic heterocycles. The molecular formula is C29H29NO7. The van der Waals surface area contributed by atoms with Crippen molar-refractivity contribution in [2.45, 2.75) is 19.9 Å². The normalized spacial score (nSPS) is 16.6. The number of aliphatic hydroxyl groups excluding tert-OH is 1. The maximum Gasteiger partial charge on any atom is 0.300 e. The van der Waals surface area contributed by atoms with Crippen LogP contribution >= 0.6 is 0 Å². The van der Waals surface area contributed by atoms with E-state index in [-0.39, 0.29) is 11.3 Å². The van der Waals surface area contributed by atoms with E-state index >= 15 is 0 Å². The maximum absolute atomic E-state index is 13.6. The zero-order valence-corrected chi connectivity index (χ0v) is 21.4. The predicted octanol–water partition coefficient (Wildman–Crippen LogP) is 5.05. The molecule has 4 rings (SSSR count). The lowest BCUT2D eigenvalue weighted by molar-refractivity contribution is -0.132. The molecule has 1 amide bonds. The molecule has 1 fully saturated rings. The second kappa shape index (κ2) is 10.7. The number of amides is 1. The summed E-state index contributed by atoms with van der Waals surface area (Å²) in [6.45, 7) is 4.09. The van der Waals surface area contributed by atoms with Crippen molar-refractivity contribution >= 4 is 23.1 Å². The highest BCUT2D eigenvalue weighted by Gasteiger charge is 2.48. The lowest BCUT2D eigenvalue weighted by Crippen LogP contribution is -2.29. The fourth-order valence-electron chi connectivity index (χ4n) is 4.51. The van der Waals surface area contributed by atoms with Crippen LogP contribution in [0.2, 0.25) is 0 Å². The molecule has 1 unspecified atom stereocenters. The average Bonchev–Trinajstić information content (AvgIpc) is 3.18. The first-order valence-electron chi connectivity index (χ1n) is 11.8. The van der Waals surface area contributed by atoms with E-state index in [0.29, 0.717) is 46.4 Å². The van der Waals surface area contributed by atoms with Crippen molar-refractivity contribution in [3.63, 3.8) is 0 Å². The number of rotatable bonds is 8. The standard InChI is InChI=1S/C29H29NO7/c1-6-37-24-16-18(12-14-23(24)36-5)26-25(27(31)19-15-17(2)11-13-21(19)34-3)28(32)29(33)30(26)20-9-7-8-10-22(20)35-4/h7-16,26,31H,6H2,1-5H3/b27-25+. The van der Waals surface area contributed by atoms with Gasteiger partial charge in [0.05, 0.1) is 50.8 Å². The van der Waals surface area contributed by atoms with Gasteiger partial charge in [0.1, 0.15) is 17.3 Å². The topological polar surface area (TPSA) is 94.5 Å². The minimum absolute atomic E-state index is 0.0765. The van der Waals surface area contributed by atoms with Crippen molar-refractivity contribution in [2.24, 2.45) is 0 Å². The number of Topliss-reactive ketones (excluding diaryl/α,β-unsaturated/α-hetero) is 1. The number of hydrogen-bond donors (Lipinski definition) is 1. The Morgan fingerprint density at radius 3 is 2.22 bits per heavy atom. The van der Waals surface area contributed by atoms with Crippen LogP contribution in [0.5, 0.6) is 23.0 Å². The Morgan fingerprint density at radius 1 is 0.865 bits per heavy atom. The number of anilines is 1. The van der Waals surface area contributed by atoms with Gasteiger partial charge in [-0.15, -0.1) is 0 Å². The number of carbonyl (C=O) groups excluding carboxylic acids is 2. The molecule has 0 spiro atoms. The molecule has 0 aromatic heterocycles. The van der Waals surface area contributed by atoms with Crippen LogP contribution in [-0.4, -0.2) is 44.7 Å². The van der Waals surface area contributed by atoms with Crippen molar-refractivity contribution in [1.29, 1.82) is 0 Å². The van der Waals surface area contributed by atoms with Gasteiger partial charge in [-0.2, -0.15) is 0 Å². The Bertz CT molecular complexity index is 1380. The second-order valence-corrected chi connectivity index (χ2v) is 8.39. The van der Waals surface area contributed by atoms with Crippen LogP contribution in [0.25, 0.3) is 5.76 Å². The molecule has 8 heteroatoms. The van der Waals surface area contributed by atoms with Gasteiger partial charge in [-0.05, 0) is 55.8 Å². The molecule has 0 bridgehead atoms. The summed E-state index contributed by atoms with van der Waals surface area (Å²) in [6, 6.07) is 16.3. The van der Waals surface area contributed by atoms with Crippen molar-refractivity contribution in [3.8, 4) is 23.0 Å². The number of carbonyl (C=O) groups is 2. The number of aliphatic hydroxyl groups is 1. The molecule has 0 radical (unpaired) electrons. The first kappa shape index (κ1) is 25.6. The quantitative estimate of drug-likeness (QED) is 0.261. The number of methoxy groups -OCH3 is 3. The van der Waals surface area contributed by atoms with Crippen molar-refractivity contribution in [3.05, 3.63) is 82.9 Å². The number of aryl methyl sites for hydroxylation is 1. The van der Waals surface area contributed by atoms with Crippen LogP contribution in [0.1, 0.15) is 29.7 Å². The predicted molar refractivity (Wildman–Crippen MR) is 140 cm³/mol. The fraction of sp³-hybridized carbons (Fsp3) is 0.241. The number of ketones is 1. The Kier molecular flexibility index (Phi) is 7.38. The van der Waals surface area contributed by atoms with Gasteiger partial charge in [0.2, 0.25) is 0 Å². The molecule has 1 heterocycles. The molecule has 0 saturated carbocycles. The number of para-hydroxylation sites is 2. The van der Waals surface area contributed by atoms with Gasteiger partial charge in [0.15, 0.2) is 11.5 Å². The molecule has 3 aromatic carbocycles. The van der Waals surface area contributed by atoms with Crippen LogP contribution < -0.4 is 23.8 Å². The first-order chi connectivity index (χ1) is 17.9. The number of ether oxygens (including phenoxy) is 4. The Labute approximate surface area is 215 Å². The van der Waals surface area contributed by atoms with E-state index in [4.69, 9.17) is 18.9 Å². The molecular weight excluding hydrogens is 474 g/mol. The number of benzene rings is 3. The molecule has 1 atom stereocenters. The Hall–Kier alpha value is -4.46. The summed E-state index contributed by atoms with van der Waals surface area (Å²) >= 11 is 0. The largest absolute Gasteiger partial charge is 0.507 e. The summed E-state index contributed by atoms with van der Waals surface area (Å²) in [5.41, 5.74) is 2.01. The van der Waals surface area contributed by atoms with Gasteiger partial charge in [-0.1, -0.05) is 29.8 Å². The third-order valence-corrected chi connectivity index (χ3v) is 6.20. The fourth-order valence-corrected chi connectivity index (χ4v) is 4.51. The van der Waals surface area contributed by atoms with Gasteiger partial charge in [-0.25, -0.2) is 0 Å². The van der Waals surface area contributed by atoms with Crippen LogP contribution in [0.4, 0.5) is 5.69 Å². The lowest BCUT2D eigenvalue weighted by Gasteiger charge is -2.27. The van der Waals surface area contributed by atoms with Gasteiger partial charge >= 0.3 is 0 Å². The second-order valence-electron chi connectivity index (χ2n) is 8.39. The molecule has 192 valence electrons. The van der Waals surface area contributed by atoms with Gasteiger partial charge in [-0.3, -0.25) is 14.5 Å². The van der Waals surface area contributed by atoms with Crippen molar-refractivity contribution < 1.29 is 33.6 Å². The van der Waals surface area contributed by atoms with E-state index < -0.39 is 17.7 Å². The van der Waals surface area contributed by atoms with E-state index in [2.05, 4.69) is 0 Å². The van der Waals surface area contributed by atoms with E-state index in [1.807, 2.05) is 19.9 Å². The highest BCUT2D eigenvalue weighted by atomic mass is 16.5. The number of hydrogen-bond acceptors (Lipinski definition) is 7. The maximum atomic E-state index is 13.6. The van der Waals surface area contributed by atoms with Crippen LogP contribution in [0, 0.1) is 6.92 Å². The highest BCUT2D eigenvalue weighted by Crippen LogP contribution is 2.47. The zero-order valence-electron chi connectivity index (χ0n) is 21.4. The first-order valence-corrected chi connectivity index (χ1v) is 11.8. The zero-order chi connectivity index (χ0) is 26.7. The lowest BCUT2D eigenvalue weighted by atomic mass is 9.94. The minimum atomic E-state index is -0.980. The summed E-state index contributed by atoms with van der Waals surface area (Å²) in [5, 5.41) is 11.6. The summed E-state index contributed by atoms with van der Waals surface area (Å²) in [5.74, 6) is -0.241. The molecule has 0 aliphatic carbocycles.